The topological polar surface area (TPSA) is 34.9 Å². The highest BCUT2D eigenvalue weighted by molar-refractivity contribution is 9.10. The Balaban J connectivity index is 2.20. The van der Waals surface area contributed by atoms with Gasteiger partial charge in [-0.25, -0.2) is 4.98 Å². The molecule has 3 rings (SSSR count). The molecule has 0 fully saturated rings. The monoisotopic (exact) mass is 346 g/mol. The van der Waals surface area contributed by atoms with Crippen LogP contribution in [0.2, 0.25) is 0 Å². The standard InChI is InChI=1S/C17H19BrN2O/c1-10-7-12-14(8-17(3,4)9-15(12)21)20(10)16-6-5-13(18)11(2)19-16/h5-7H,8-9H2,1-4H3. The van der Waals surface area contributed by atoms with Crippen molar-refractivity contribution in [1.29, 1.82) is 0 Å². The van der Waals surface area contributed by atoms with Crippen LogP contribution in [0, 0.1) is 19.3 Å². The summed E-state index contributed by atoms with van der Waals surface area (Å²) in [6.07, 6.45) is 1.52. The molecule has 0 spiro atoms. The van der Waals surface area contributed by atoms with Gasteiger partial charge in [-0.05, 0) is 59.8 Å². The molecule has 4 heteroatoms. The van der Waals surface area contributed by atoms with E-state index in [9.17, 15) is 4.79 Å². The molecular weight excluding hydrogens is 328 g/mol. The molecule has 2 aromatic heterocycles. The zero-order chi connectivity index (χ0) is 15.4. The highest BCUT2D eigenvalue weighted by Gasteiger charge is 2.34. The Kier molecular flexibility index (Phi) is 3.32. The minimum atomic E-state index is 0.0109. The normalized spacial score (nSPS) is 16.9. The number of carbonyl (C=O) groups excluding carboxylic acids is 1. The second-order valence-corrected chi connectivity index (χ2v) is 7.51. The molecule has 0 amide bonds. The van der Waals surface area contributed by atoms with Gasteiger partial charge in [-0.1, -0.05) is 13.8 Å². The van der Waals surface area contributed by atoms with Crippen LogP contribution >= 0.6 is 15.9 Å². The summed E-state index contributed by atoms with van der Waals surface area (Å²) in [4.78, 5) is 17.0. The lowest BCUT2D eigenvalue weighted by atomic mass is 9.76. The van der Waals surface area contributed by atoms with Gasteiger partial charge in [0.15, 0.2) is 5.78 Å². The molecule has 0 radical (unpaired) electrons. The number of fused-ring (bicyclic) bond motifs is 1. The number of carbonyl (C=O) groups is 1. The number of Topliss-reactive ketones (excluding diaryl/α,β-unsaturated/α-hetero) is 1. The molecule has 0 N–H and O–H groups in total. The molecular formula is C17H19BrN2O. The van der Waals surface area contributed by atoms with Gasteiger partial charge < -0.3 is 4.57 Å². The van der Waals surface area contributed by atoms with Crippen LogP contribution in [-0.2, 0) is 6.42 Å². The largest absolute Gasteiger partial charge is 0.302 e. The van der Waals surface area contributed by atoms with Crippen LogP contribution in [0.3, 0.4) is 0 Å². The highest BCUT2D eigenvalue weighted by Crippen LogP contribution is 2.37. The first-order valence-corrected chi connectivity index (χ1v) is 7.96. The highest BCUT2D eigenvalue weighted by atomic mass is 79.9. The van der Waals surface area contributed by atoms with Gasteiger partial charge >= 0.3 is 0 Å². The minimum absolute atomic E-state index is 0.0109. The van der Waals surface area contributed by atoms with Crippen molar-refractivity contribution in [2.45, 2.75) is 40.5 Å². The number of hydrogen-bond donors (Lipinski definition) is 0. The van der Waals surface area contributed by atoms with E-state index in [0.29, 0.717) is 6.42 Å². The van der Waals surface area contributed by atoms with Crippen molar-refractivity contribution in [1.82, 2.24) is 9.55 Å². The second kappa shape index (κ2) is 4.80. The average molecular weight is 347 g/mol. The Labute approximate surface area is 133 Å². The van der Waals surface area contributed by atoms with Gasteiger partial charge in [0.1, 0.15) is 5.82 Å². The van der Waals surface area contributed by atoms with E-state index in [1.807, 2.05) is 32.0 Å². The fourth-order valence-electron chi connectivity index (χ4n) is 3.13. The fourth-order valence-corrected chi connectivity index (χ4v) is 3.35. The molecule has 21 heavy (non-hydrogen) atoms. The molecule has 110 valence electrons. The quantitative estimate of drug-likeness (QED) is 0.766. The first kappa shape index (κ1) is 14.5. The number of ketones is 1. The van der Waals surface area contributed by atoms with Gasteiger partial charge in [-0.3, -0.25) is 4.79 Å². The van der Waals surface area contributed by atoms with E-state index in [1.54, 1.807) is 0 Å². The van der Waals surface area contributed by atoms with Gasteiger partial charge in [-0.15, -0.1) is 0 Å². The van der Waals surface area contributed by atoms with E-state index in [-0.39, 0.29) is 11.2 Å². The Hall–Kier alpha value is -1.42. The molecule has 0 bridgehead atoms. The van der Waals surface area contributed by atoms with Crippen molar-refractivity contribution in [2.24, 2.45) is 5.41 Å². The molecule has 1 aliphatic rings. The van der Waals surface area contributed by atoms with Crippen molar-refractivity contribution in [3.63, 3.8) is 0 Å². The Bertz CT molecular complexity index is 743. The number of aryl methyl sites for hydroxylation is 2. The summed E-state index contributed by atoms with van der Waals surface area (Å²) in [6.45, 7) is 8.33. The Morgan fingerprint density at radius 3 is 2.62 bits per heavy atom. The summed E-state index contributed by atoms with van der Waals surface area (Å²) in [5, 5.41) is 0. The summed E-state index contributed by atoms with van der Waals surface area (Å²) in [7, 11) is 0. The van der Waals surface area contributed by atoms with Crippen molar-refractivity contribution in [3.8, 4) is 5.82 Å². The van der Waals surface area contributed by atoms with Crippen LogP contribution in [0.5, 0.6) is 0 Å². The first-order valence-electron chi connectivity index (χ1n) is 7.16. The third kappa shape index (κ3) is 2.46. The van der Waals surface area contributed by atoms with Crippen LogP contribution in [0.4, 0.5) is 0 Å². The SMILES string of the molecule is Cc1nc(-n2c(C)cc3c2CC(C)(C)CC3=O)ccc1Br. The van der Waals surface area contributed by atoms with Crippen LogP contribution < -0.4 is 0 Å². The number of halogens is 1. The van der Waals surface area contributed by atoms with Crippen molar-refractivity contribution < 1.29 is 4.79 Å². The lowest BCUT2D eigenvalue weighted by Gasteiger charge is -2.29. The van der Waals surface area contributed by atoms with E-state index in [0.717, 1.165) is 39.4 Å². The summed E-state index contributed by atoms with van der Waals surface area (Å²) < 4.78 is 3.13. The van der Waals surface area contributed by atoms with Crippen LogP contribution in [-0.4, -0.2) is 15.3 Å². The predicted molar refractivity (Wildman–Crippen MR) is 87.2 cm³/mol. The molecule has 0 saturated carbocycles. The van der Waals surface area contributed by atoms with Gasteiger partial charge in [0, 0.05) is 27.8 Å². The van der Waals surface area contributed by atoms with Gasteiger partial charge in [0.25, 0.3) is 0 Å². The van der Waals surface area contributed by atoms with Crippen LogP contribution in [0.1, 0.15) is 47.7 Å². The molecule has 1 aliphatic carbocycles. The summed E-state index contributed by atoms with van der Waals surface area (Å²) in [5.41, 5.74) is 4.00. The van der Waals surface area contributed by atoms with Crippen LogP contribution in [0.25, 0.3) is 5.82 Å². The van der Waals surface area contributed by atoms with Crippen molar-refractivity contribution >= 4 is 21.7 Å². The fraction of sp³-hybridized carbons (Fsp3) is 0.412. The zero-order valence-electron chi connectivity index (χ0n) is 12.8. The van der Waals surface area contributed by atoms with E-state index >= 15 is 0 Å². The lowest BCUT2D eigenvalue weighted by Crippen LogP contribution is -2.28. The zero-order valence-corrected chi connectivity index (χ0v) is 14.4. The Morgan fingerprint density at radius 2 is 1.95 bits per heavy atom. The van der Waals surface area contributed by atoms with Crippen LogP contribution in [0.15, 0.2) is 22.7 Å². The predicted octanol–water partition coefficient (Wildman–Crippen LogP) is 4.41. The minimum Gasteiger partial charge on any atom is -0.302 e. The molecule has 0 aliphatic heterocycles. The number of hydrogen-bond acceptors (Lipinski definition) is 2. The average Bonchev–Trinajstić information content (AvgIpc) is 2.68. The maximum absolute atomic E-state index is 12.4. The van der Waals surface area contributed by atoms with Gasteiger partial charge in [-0.2, -0.15) is 0 Å². The van der Waals surface area contributed by atoms with E-state index in [1.165, 1.54) is 0 Å². The first-order chi connectivity index (χ1) is 9.78. The number of pyridine rings is 1. The van der Waals surface area contributed by atoms with Gasteiger partial charge in [0.2, 0.25) is 0 Å². The molecule has 0 saturated heterocycles. The molecule has 0 unspecified atom stereocenters. The van der Waals surface area contributed by atoms with E-state index in [4.69, 9.17) is 0 Å². The molecule has 0 atom stereocenters. The number of aromatic nitrogens is 2. The number of nitrogens with zero attached hydrogens (tertiary/aromatic N) is 2. The summed E-state index contributed by atoms with van der Waals surface area (Å²) in [6, 6.07) is 6.02. The molecule has 2 heterocycles. The Morgan fingerprint density at radius 1 is 1.24 bits per heavy atom. The maximum Gasteiger partial charge on any atom is 0.165 e. The third-order valence-electron chi connectivity index (χ3n) is 4.11. The maximum atomic E-state index is 12.4. The lowest BCUT2D eigenvalue weighted by molar-refractivity contribution is 0.0911. The molecule has 2 aromatic rings. The molecule has 3 nitrogen and oxygen atoms in total. The molecule has 0 aromatic carbocycles. The van der Waals surface area contributed by atoms with Crippen molar-refractivity contribution in [2.75, 3.05) is 0 Å². The van der Waals surface area contributed by atoms with E-state index < -0.39 is 0 Å². The smallest absolute Gasteiger partial charge is 0.165 e. The summed E-state index contributed by atoms with van der Waals surface area (Å²) >= 11 is 3.49. The van der Waals surface area contributed by atoms with Gasteiger partial charge in [0.05, 0.1) is 5.69 Å². The van der Waals surface area contributed by atoms with Crippen molar-refractivity contribution in [3.05, 3.63) is 45.3 Å². The third-order valence-corrected chi connectivity index (χ3v) is 4.95. The second-order valence-electron chi connectivity index (χ2n) is 6.66. The number of rotatable bonds is 1. The summed E-state index contributed by atoms with van der Waals surface area (Å²) in [5.74, 6) is 1.14. The van der Waals surface area contributed by atoms with E-state index in [2.05, 4.69) is 39.3 Å².